The highest BCUT2D eigenvalue weighted by Gasteiger charge is 2.34. The van der Waals surface area contributed by atoms with E-state index in [1.807, 2.05) is 6.26 Å². The van der Waals surface area contributed by atoms with Crippen LogP contribution in [0.4, 0.5) is 14.6 Å². The highest BCUT2D eigenvalue weighted by molar-refractivity contribution is 7.98. The molecule has 1 N–H and O–H groups in total. The molecule has 178 valence electrons. The van der Waals surface area contributed by atoms with Crippen molar-refractivity contribution >= 4 is 38.9 Å². The number of hydrogen-bond acceptors (Lipinski definition) is 7. The number of benzene rings is 1. The molecule has 1 aromatic heterocycles. The van der Waals surface area contributed by atoms with Crippen molar-refractivity contribution in [1.82, 2.24) is 9.97 Å². The van der Waals surface area contributed by atoms with Gasteiger partial charge in [-0.1, -0.05) is 18.2 Å². The van der Waals surface area contributed by atoms with Crippen molar-refractivity contribution in [2.24, 2.45) is 5.92 Å². The zero-order valence-electron chi connectivity index (χ0n) is 18.2. The van der Waals surface area contributed by atoms with Gasteiger partial charge in [-0.05, 0) is 42.7 Å². The lowest BCUT2D eigenvalue weighted by Crippen LogP contribution is -2.16. The molecule has 1 aromatic carbocycles. The maximum absolute atomic E-state index is 13.7. The van der Waals surface area contributed by atoms with Crippen LogP contribution in [0.25, 0.3) is 5.57 Å². The lowest BCUT2D eigenvalue weighted by molar-refractivity contribution is -0.111. The third-order valence-electron chi connectivity index (χ3n) is 5.10. The summed E-state index contributed by atoms with van der Waals surface area (Å²) in [5, 5.41) is 2.63. The van der Waals surface area contributed by atoms with Gasteiger partial charge in [0.15, 0.2) is 15.7 Å². The minimum atomic E-state index is -3.41. The fourth-order valence-electron chi connectivity index (χ4n) is 3.39. The average molecular weight is 498 g/mol. The molecule has 1 aliphatic carbocycles. The first-order valence-corrected chi connectivity index (χ1v) is 13.5. The van der Waals surface area contributed by atoms with Crippen molar-refractivity contribution in [3.05, 3.63) is 48.3 Å². The van der Waals surface area contributed by atoms with Crippen LogP contribution in [-0.2, 0) is 14.6 Å². The van der Waals surface area contributed by atoms with E-state index in [1.54, 1.807) is 11.8 Å². The fourth-order valence-corrected chi connectivity index (χ4v) is 4.28. The second-order valence-electron chi connectivity index (χ2n) is 7.68. The molecule has 33 heavy (non-hydrogen) atoms. The Morgan fingerprint density at radius 1 is 1.18 bits per heavy atom. The molecule has 2 aromatic rings. The maximum Gasteiger partial charge on any atom is 0.257 e. The average Bonchev–Trinajstić information content (AvgIpc) is 3.10. The number of amides is 1. The van der Waals surface area contributed by atoms with Crippen LogP contribution in [0, 0.1) is 5.92 Å². The zero-order chi connectivity index (χ0) is 24.0. The Bertz CT molecular complexity index is 1080. The van der Waals surface area contributed by atoms with E-state index in [0.29, 0.717) is 18.1 Å². The molecule has 1 unspecified atom stereocenters. The van der Waals surface area contributed by atoms with Crippen LogP contribution in [0.5, 0.6) is 5.88 Å². The molecule has 3 rings (SSSR count). The third-order valence-corrected chi connectivity index (χ3v) is 6.80. The molecule has 3 atom stereocenters. The summed E-state index contributed by atoms with van der Waals surface area (Å²) >= 11 is 1.63. The number of sulfone groups is 1. The van der Waals surface area contributed by atoms with Crippen LogP contribution in [0.1, 0.15) is 18.4 Å². The molecule has 0 aliphatic heterocycles. The van der Waals surface area contributed by atoms with Crippen molar-refractivity contribution < 1.29 is 26.7 Å². The number of alkyl halides is 2. The minimum Gasteiger partial charge on any atom is -0.476 e. The van der Waals surface area contributed by atoms with Crippen LogP contribution in [0.3, 0.4) is 0 Å². The lowest BCUT2D eigenvalue weighted by atomic mass is 9.98. The number of thioether (sulfide) groups is 1. The van der Waals surface area contributed by atoms with E-state index in [1.165, 1.54) is 42.7 Å². The number of aromatic nitrogens is 2. The number of nitrogens with zero attached hydrogens (tertiary/aromatic N) is 2. The number of carbonyl (C=O) groups is 1. The van der Waals surface area contributed by atoms with Crippen molar-refractivity contribution in [1.29, 1.82) is 0 Å². The van der Waals surface area contributed by atoms with Crippen LogP contribution < -0.4 is 10.1 Å². The SMILES string of the molecule is CSCCOc1cnc(NC(=O)/C(=C/C2C[C@@H](F)[C@@H](F)C2)c2ccc(S(C)(=O)=O)cc2)cn1. The number of hydrogen-bond donors (Lipinski definition) is 1. The monoisotopic (exact) mass is 497 g/mol. The molecule has 0 bridgehead atoms. The Balaban J connectivity index is 1.82. The van der Waals surface area contributed by atoms with Gasteiger partial charge in [0.25, 0.3) is 5.91 Å². The van der Waals surface area contributed by atoms with Gasteiger partial charge >= 0.3 is 0 Å². The highest BCUT2D eigenvalue weighted by Crippen LogP contribution is 2.34. The molecule has 1 heterocycles. The Labute approximate surface area is 196 Å². The molecule has 11 heteroatoms. The summed E-state index contributed by atoms with van der Waals surface area (Å²) in [5.41, 5.74) is 0.589. The highest BCUT2D eigenvalue weighted by atomic mass is 32.2. The van der Waals surface area contributed by atoms with Crippen LogP contribution in [0.2, 0.25) is 0 Å². The first-order chi connectivity index (χ1) is 15.7. The van der Waals surface area contributed by atoms with E-state index in [4.69, 9.17) is 4.74 Å². The normalized spacial score (nSPS) is 21.1. The summed E-state index contributed by atoms with van der Waals surface area (Å²) in [6.45, 7) is 0.477. The summed E-state index contributed by atoms with van der Waals surface area (Å²) in [7, 11) is -3.41. The summed E-state index contributed by atoms with van der Waals surface area (Å²) in [6.07, 6.45) is 4.10. The van der Waals surface area contributed by atoms with Gasteiger partial charge in [0, 0.05) is 17.6 Å². The van der Waals surface area contributed by atoms with Gasteiger partial charge in [0.05, 0.1) is 23.9 Å². The van der Waals surface area contributed by atoms with Gasteiger partial charge in [-0.3, -0.25) is 4.79 Å². The number of carbonyl (C=O) groups excluding carboxylic acids is 1. The quantitative estimate of drug-likeness (QED) is 0.416. The van der Waals surface area contributed by atoms with Crippen molar-refractivity contribution in [3.63, 3.8) is 0 Å². The zero-order valence-corrected chi connectivity index (χ0v) is 19.8. The van der Waals surface area contributed by atoms with Gasteiger partial charge in [0.2, 0.25) is 5.88 Å². The molecule has 1 fully saturated rings. The van der Waals surface area contributed by atoms with E-state index in [2.05, 4.69) is 15.3 Å². The molecule has 0 saturated heterocycles. The van der Waals surface area contributed by atoms with Gasteiger partial charge in [-0.2, -0.15) is 11.8 Å². The molecule has 1 amide bonds. The Hall–Kier alpha value is -2.53. The van der Waals surface area contributed by atoms with Gasteiger partial charge in [-0.15, -0.1) is 0 Å². The van der Waals surface area contributed by atoms with Gasteiger partial charge in [-0.25, -0.2) is 27.2 Å². The van der Waals surface area contributed by atoms with E-state index < -0.39 is 34.0 Å². The smallest absolute Gasteiger partial charge is 0.257 e. The standard InChI is InChI=1S/C22H25F2N3O4S2/c1-32-8-7-31-21-13-25-20(12-26-21)27-22(28)17(9-14-10-18(23)19(24)11-14)15-3-5-16(6-4-15)33(2,29)30/h3-6,9,12-14,18-19H,7-8,10-11H2,1-2H3,(H,25,27,28)/b17-9+/t14?,18-,19+. The van der Waals surface area contributed by atoms with E-state index in [9.17, 15) is 22.0 Å². The summed E-state index contributed by atoms with van der Waals surface area (Å²) < 4.78 is 56.3. The molecule has 1 aliphatic rings. The van der Waals surface area contributed by atoms with Crippen molar-refractivity contribution in [2.45, 2.75) is 30.1 Å². The molecular formula is C22H25F2N3O4S2. The number of nitrogens with one attached hydrogen (secondary N) is 1. The molecule has 7 nitrogen and oxygen atoms in total. The molecule has 0 spiro atoms. The van der Waals surface area contributed by atoms with E-state index in [-0.39, 0.29) is 29.1 Å². The van der Waals surface area contributed by atoms with Gasteiger partial charge in [0.1, 0.15) is 12.3 Å². The summed E-state index contributed by atoms with van der Waals surface area (Å²) in [4.78, 5) is 21.4. The van der Waals surface area contributed by atoms with E-state index >= 15 is 0 Å². The third kappa shape index (κ3) is 6.97. The van der Waals surface area contributed by atoms with Gasteiger partial charge < -0.3 is 10.1 Å². The number of rotatable bonds is 9. The maximum atomic E-state index is 13.7. The molecule has 1 saturated carbocycles. The van der Waals surface area contributed by atoms with E-state index in [0.717, 1.165) is 12.0 Å². The van der Waals surface area contributed by atoms with Crippen molar-refractivity contribution in [2.75, 3.05) is 30.2 Å². The predicted octanol–water partition coefficient (Wildman–Crippen LogP) is 3.73. The number of anilines is 1. The topological polar surface area (TPSA) is 98.2 Å². The number of ether oxygens (including phenoxy) is 1. The Morgan fingerprint density at radius 2 is 1.85 bits per heavy atom. The number of halogens is 2. The first-order valence-electron chi connectivity index (χ1n) is 10.2. The second-order valence-corrected chi connectivity index (χ2v) is 10.7. The number of allylic oxidation sites excluding steroid dienone is 1. The molecule has 0 radical (unpaired) electrons. The van der Waals surface area contributed by atoms with Crippen LogP contribution in [-0.4, -0.2) is 61.5 Å². The Morgan fingerprint density at radius 3 is 2.39 bits per heavy atom. The predicted molar refractivity (Wildman–Crippen MR) is 125 cm³/mol. The van der Waals surface area contributed by atoms with Crippen LogP contribution >= 0.6 is 11.8 Å². The first kappa shape index (κ1) is 25.1. The Kier molecular flexibility index (Phi) is 8.41. The van der Waals surface area contributed by atoms with Crippen molar-refractivity contribution in [3.8, 4) is 5.88 Å². The second kappa shape index (κ2) is 11.1. The lowest BCUT2D eigenvalue weighted by Gasteiger charge is -2.12. The minimum absolute atomic E-state index is 0.0265. The molecular weight excluding hydrogens is 472 g/mol. The fraction of sp³-hybridized carbons (Fsp3) is 0.409. The summed E-state index contributed by atoms with van der Waals surface area (Å²) in [5.74, 6) is 0.276. The summed E-state index contributed by atoms with van der Waals surface area (Å²) in [6, 6.07) is 5.75. The largest absolute Gasteiger partial charge is 0.476 e. The van der Waals surface area contributed by atoms with Crippen LogP contribution in [0.15, 0.2) is 47.6 Å².